The molecule has 1 N–H and O–H groups in total. The predicted octanol–water partition coefficient (Wildman–Crippen LogP) is 2.24. The number of carbonyl (C=O) groups is 1. The number of benzene rings is 1. The molecule has 120 valence electrons. The van der Waals surface area contributed by atoms with Gasteiger partial charge in [0.25, 0.3) is 0 Å². The van der Waals surface area contributed by atoms with E-state index >= 15 is 0 Å². The summed E-state index contributed by atoms with van der Waals surface area (Å²) in [7, 11) is 0. The van der Waals surface area contributed by atoms with Crippen molar-refractivity contribution in [3.05, 3.63) is 41.5 Å². The Morgan fingerprint density at radius 3 is 2.55 bits per heavy atom. The van der Waals surface area contributed by atoms with Crippen LogP contribution in [0.4, 0.5) is 0 Å². The maximum absolute atomic E-state index is 12.0. The van der Waals surface area contributed by atoms with E-state index in [-0.39, 0.29) is 11.4 Å². The van der Waals surface area contributed by atoms with Gasteiger partial charge >= 0.3 is 0 Å². The van der Waals surface area contributed by atoms with Crippen molar-refractivity contribution in [2.45, 2.75) is 26.3 Å². The van der Waals surface area contributed by atoms with Gasteiger partial charge in [-0.05, 0) is 32.4 Å². The smallest absolute Gasteiger partial charge is 0.244 e. The summed E-state index contributed by atoms with van der Waals surface area (Å²) in [5.74, 6) is -0.0538. The van der Waals surface area contributed by atoms with E-state index in [2.05, 4.69) is 24.1 Å². The SMILES string of the molecule is Cc1ccc(/C=C/C(=O)NCC(C)(C)N2CCOCC2)cc1. The van der Waals surface area contributed by atoms with E-state index in [0.717, 1.165) is 31.9 Å². The minimum Gasteiger partial charge on any atom is -0.379 e. The molecule has 0 aromatic heterocycles. The monoisotopic (exact) mass is 302 g/mol. The van der Waals surface area contributed by atoms with Gasteiger partial charge in [-0.3, -0.25) is 9.69 Å². The van der Waals surface area contributed by atoms with Crippen LogP contribution in [0.1, 0.15) is 25.0 Å². The molecule has 1 saturated heterocycles. The molecule has 0 spiro atoms. The molecule has 0 atom stereocenters. The minimum absolute atomic E-state index is 0.0538. The van der Waals surface area contributed by atoms with Crippen LogP contribution < -0.4 is 5.32 Å². The lowest BCUT2D eigenvalue weighted by molar-refractivity contribution is -0.117. The highest BCUT2D eigenvalue weighted by atomic mass is 16.5. The van der Waals surface area contributed by atoms with Gasteiger partial charge in [0.1, 0.15) is 0 Å². The summed E-state index contributed by atoms with van der Waals surface area (Å²) in [6.45, 7) is 10.4. The van der Waals surface area contributed by atoms with Crippen LogP contribution in [0, 0.1) is 6.92 Å². The first-order valence-electron chi connectivity index (χ1n) is 7.83. The van der Waals surface area contributed by atoms with Crippen LogP contribution in [0.15, 0.2) is 30.3 Å². The standard InChI is InChI=1S/C18H26N2O2/c1-15-4-6-16(7-5-15)8-9-17(21)19-14-18(2,3)20-10-12-22-13-11-20/h4-9H,10-14H2,1-3H3,(H,19,21)/b9-8+. The van der Waals surface area contributed by atoms with Crippen LogP contribution in [0.3, 0.4) is 0 Å². The zero-order valence-corrected chi connectivity index (χ0v) is 13.8. The Morgan fingerprint density at radius 1 is 1.27 bits per heavy atom. The topological polar surface area (TPSA) is 41.6 Å². The Kier molecular flexibility index (Phi) is 5.75. The summed E-state index contributed by atoms with van der Waals surface area (Å²) in [5, 5.41) is 2.99. The van der Waals surface area contributed by atoms with Gasteiger partial charge in [0.15, 0.2) is 0 Å². The second-order valence-corrected chi connectivity index (χ2v) is 6.37. The molecule has 1 aliphatic rings. The van der Waals surface area contributed by atoms with Crippen molar-refractivity contribution < 1.29 is 9.53 Å². The van der Waals surface area contributed by atoms with Crippen molar-refractivity contribution in [1.82, 2.24) is 10.2 Å². The summed E-state index contributed by atoms with van der Waals surface area (Å²) < 4.78 is 5.38. The number of aryl methyl sites for hydroxylation is 1. The molecule has 22 heavy (non-hydrogen) atoms. The van der Waals surface area contributed by atoms with Gasteiger partial charge in [0.2, 0.25) is 5.91 Å². The average Bonchev–Trinajstić information content (AvgIpc) is 2.53. The fourth-order valence-electron chi connectivity index (χ4n) is 2.49. The van der Waals surface area contributed by atoms with E-state index in [4.69, 9.17) is 4.74 Å². The third kappa shape index (κ3) is 4.97. The summed E-state index contributed by atoms with van der Waals surface area (Å²) in [6.07, 6.45) is 3.44. The van der Waals surface area contributed by atoms with Crippen LogP contribution in [0.25, 0.3) is 6.08 Å². The number of hydrogen-bond donors (Lipinski definition) is 1. The number of morpholine rings is 1. The van der Waals surface area contributed by atoms with Crippen molar-refractivity contribution in [1.29, 1.82) is 0 Å². The zero-order chi connectivity index (χ0) is 16.0. The van der Waals surface area contributed by atoms with E-state index in [1.165, 1.54) is 5.56 Å². The largest absolute Gasteiger partial charge is 0.379 e. The molecule has 0 saturated carbocycles. The molecule has 0 aliphatic carbocycles. The minimum atomic E-state index is -0.0584. The zero-order valence-electron chi connectivity index (χ0n) is 13.8. The van der Waals surface area contributed by atoms with Crippen LogP contribution in [-0.4, -0.2) is 49.2 Å². The molecule has 0 unspecified atom stereocenters. The van der Waals surface area contributed by atoms with E-state index < -0.39 is 0 Å². The Bertz CT molecular complexity index is 514. The first kappa shape index (κ1) is 16.7. The lowest BCUT2D eigenvalue weighted by Crippen LogP contribution is -2.55. The van der Waals surface area contributed by atoms with Gasteiger partial charge in [-0.25, -0.2) is 0 Å². The van der Waals surface area contributed by atoms with Gasteiger partial charge in [0, 0.05) is 31.2 Å². The van der Waals surface area contributed by atoms with E-state index in [9.17, 15) is 4.79 Å². The maximum Gasteiger partial charge on any atom is 0.244 e. The summed E-state index contributed by atoms with van der Waals surface area (Å²) in [4.78, 5) is 14.3. The molecule has 1 heterocycles. The Hall–Kier alpha value is -1.65. The second-order valence-electron chi connectivity index (χ2n) is 6.37. The quantitative estimate of drug-likeness (QED) is 0.848. The van der Waals surface area contributed by atoms with Crippen molar-refractivity contribution in [2.75, 3.05) is 32.8 Å². The number of rotatable bonds is 5. The number of amides is 1. The lowest BCUT2D eigenvalue weighted by Gasteiger charge is -2.40. The highest BCUT2D eigenvalue weighted by Crippen LogP contribution is 2.15. The predicted molar refractivity (Wildman–Crippen MR) is 89.7 cm³/mol. The molecular formula is C18H26N2O2. The van der Waals surface area contributed by atoms with Crippen molar-refractivity contribution in [2.24, 2.45) is 0 Å². The molecule has 0 radical (unpaired) electrons. The fourth-order valence-corrected chi connectivity index (χ4v) is 2.49. The Morgan fingerprint density at radius 2 is 1.91 bits per heavy atom. The molecule has 2 rings (SSSR count). The van der Waals surface area contributed by atoms with Crippen molar-refractivity contribution in [3.63, 3.8) is 0 Å². The van der Waals surface area contributed by atoms with Crippen LogP contribution >= 0.6 is 0 Å². The van der Waals surface area contributed by atoms with E-state index in [0.29, 0.717) is 6.54 Å². The number of nitrogens with zero attached hydrogens (tertiary/aromatic N) is 1. The first-order chi connectivity index (χ1) is 10.5. The van der Waals surface area contributed by atoms with Gasteiger partial charge in [0.05, 0.1) is 13.2 Å². The highest BCUT2D eigenvalue weighted by molar-refractivity contribution is 5.91. The van der Waals surface area contributed by atoms with Crippen LogP contribution in [0.5, 0.6) is 0 Å². The Balaban J connectivity index is 1.82. The highest BCUT2D eigenvalue weighted by Gasteiger charge is 2.28. The third-order valence-electron chi connectivity index (χ3n) is 4.07. The second kappa shape index (κ2) is 7.56. The van der Waals surface area contributed by atoms with Gasteiger partial charge in [-0.15, -0.1) is 0 Å². The van der Waals surface area contributed by atoms with Gasteiger partial charge in [-0.1, -0.05) is 29.8 Å². The van der Waals surface area contributed by atoms with Gasteiger partial charge < -0.3 is 10.1 Å². The molecule has 1 aromatic carbocycles. The first-order valence-corrected chi connectivity index (χ1v) is 7.83. The lowest BCUT2D eigenvalue weighted by atomic mass is 10.0. The number of nitrogens with one attached hydrogen (secondary N) is 1. The summed E-state index contributed by atoms with van der Waals surface area (Å²) in [5.41, 5.74) is 2.19. The number of ether oxygens (including phenoxy) is 1. The molecular weight excluding hydrogens is 276 g/mol. The average molecular weight is 302 g/mol. The van der Waals surface area contributed by atoms with Crippen molar-refractivity contribution in [3.8, 4) is 0 Å². The summed E-state index contributed by atoms with van der Waals surface area (Å²) >= 11 is 0. The van der Waals surface area contributed by atoms with Crippen LogP contribution in [0.2, 0.25) is 0 Å². The van der Waals surface area contributed by atoms with Crippen LogP contribution in [-0.2, 0) is 9.53 Å². The molecule has 4 nitrogen and oxygen atoms in total. The number of hydrogen-bond acceptors (Lipinski definition) is 3. The molecule has 1 aromatic rings. The third-order valence-corrected chi connectivity index (χ3v) is 4.07. The van der Waals surface area contributed by atoms with Crippen molar-refractivity contribution >= 4 is 12.0 Å². The maximum atomic E-state index is 12.0. The normalized spacial score (nSPS) is 16.9. The molecule has 4 heteroatoms. The molecule has 1 fully saturated rings. The number of carbonyl (C=O) groups excluding carboxylic acids is 1. The Labute approximate surface area is 133 Å². The molecule has 1 aliphatic heterocycles. The molecule has 1 amide bonds. The summed E-state index contributed by atoms with van der Waals surface area (Å²) in [6, 6.07) is 8.10. The van der Waals surface area contributed by atoms with E-state index in [1.807, 2.05) is 37.3 Å². The van der Waals surface area contributed by atoms with E-state index in [1.54, 1.807) is 6.08 Å². The fraction of sp³-hybridized carbons (Fsp3) is 0.500. The van der Waals surface area contributed by atoms with Gasteiger partial charge in [-0.2, -0.15) is 0 Å². The molecule has 0 bridgehead atoms.